The van der Waals surface area contributed by atoms with Crippen LogP contribution in [0.4, 0.5) is 8.78 Å². The monoisotopic (exact) mass is 250 g/mol. The summed E-state index contributed by atoms with van der Waals surface area (Å²) in [6.45, 7) is 1.66. The van der Waals surface area contributed by atoms with Crippen LogP contribution >= 0.6 is 15.9 Å². The highest BCUT2D eigenvalue weighted by Crippen LogP contribution is 2.26. The van der Waals surface area contributed by atoms with E-state index in [0.717, 1.165) is 12.1 Å². The van der Waals surface area contributed by atoms with Crippen molar-refractivity contribution in [2.45, 2.75) is 19.4 Å². The molecule has 13 heavy (non-hydrogen) atoms. The predicted molar refractivity (Wildman–Crippen MR) is 49.3 cm³/mol. The summed E-state index contributed by atoms with van der Waals surface area (Å²) >= 11 is 2.96. The number of aliphatic hydroxyl groups is 1. The highest BCUT2D eigenvalue weighted by molar-refractivity contribution is 9.10. The topological polar surface area (TPSA) is 20.2 Å². The molecule has 0 radical (unpaired) electrons. The van der Waals surface area contributed by atoms with Crippen LogP contribution < -0.4 is 0 Å². The van der Waals surface area contributed by atoms with Crippen LogP contribution in [0, 0.1) is 11.6 Å². The Bertz CT molecular complexity index is 291. The molecule has 0 saturated carbocycles. The Morgan fingerprint density at radius 2 is 1.85 bits per heavy atom. The molecule has 0 aliphatic carbocycles. The first kappa shape index (κ1) is 10.6. The molecule has 0 aromatic heterocycles. The fraction of sp³-hybridized carbons (Fsp3) is 0.333. The summed E-state index contributed by atoms with van der Waals surface area (Å²) in [5.41, 5.74) is -0.259. The zero-order valence-corrected chi connectivity index (χ0v) is 8.61. The lowest BCUT2D eigenvalue weighted by molar-refractivity contribution is 0.163. The molecule has 0 saturated heterocycles. The summed E-state index contributed by atoms with van der Waals surface area (Å²) in [7, 11) is 0. The van der Waals surface area contributed by atoms with Crippen LogP contribution in [0.1, 0.15) is 25.0 Å². The van der Waals surface area contributed by atoms with E-state index < -0.39 is 17.7 Å². The molecule has 0 amide bonds. The van der Waals surface area contributed by atoms with E-state index in [1.807, 2.05) is 0 Å². The van der Waals surface area contributed by atoms with Gasteiger partial charge in [-0.1, -0.05) is 22.9 Å². The molecule has 0 aliphatic heterocycles. The molecule has 1 nitrogen and oxygen atoms in total. The maximum absolute atomic E-state index is 13.1. The minimum Gasteiger partial charge on any atom is -0.388 e. The highest BCUT2D eigenvalue weighted by atomic mass is 79.9. The van der Waals surface area contributed by atoms with E-state index in [2.05, 4.69) is 15.9 Å². The Balaban J connectivity index is 3.20. The van der Waals surface area contributed by atoms with Crippen molar-refractivity contribution < 1.29 is 13.9 Å². The van der Waals surface area contributed by atoms with Gasteiger partial charge in [0.05, 0.1) is 11.7 Å². The van der Waals surface area contributed by atoms with Crippen LogP contribution in [0.2, 0.25) is 0 Å². The van der Waals surface area contributed by atoms with Crippen molar-refractivity contribution in [1.29, 1.82) is 0 Å². The van der Waals surface area contributed by atoms with Crippen molar-refractivity contribution >= 4 is 15.9 Å². The predicted octanol–water partition coefficient (Wildman–Crippen LogP) is 3.17. The molecular weight excluding hydrogens is 242 g/mol. The van der Waals surface area contributed by atoms with Crippen LogP contribution in [0.5, 0.6) is 0 Å². The van der Waals surface area contributed by atoms with Gasteiger partial charge in [0, 0.05) is 4.47 Å². The van der Waals surface area contributed by atoms with Crippen molar-refractivity contribution in [3.63, 3.8) is 0 Å². The number of benzene rings is 1. The van der Waals surface area contributed by atoms with E-state index in [1.165, 1.54) is 0 Å². The Morgan fingerprint density at radius 1 is 1.38 bits per heavy atom. The molecular formula is C9H9BrF2O. The van der Waals surface area contributed by atoms with Crippen LogP contribution in [0.15, 0.2) is 16.6 Å². The maximum Gasteiger partial charge on any atom is 0.133 e. The number of aliphatic hydroxyl groups excluding tert-OH is 1. The van der Waals surface area contributed by atoms with Gasteiger partial charge in [0.25, 0.3) is 0 Å². The number of hydrogen-bond acceptors (Lipinski definition) is 1. The highest BCUT2D eigenvalue weighted by Gasteiger charge is 2.16. The molecule has 1 aromatic rings. The number of rotatable bonds is 2. The summed E-state index contributed by atoms with van der Waals surface area (Å²) in [4.78, 5) is 0. The molecule has 1 rings (SSSR count). The molecule has 1 atom stereocenters. The third kappa shape index (κ3) is 2.25. The molecule has 0 heterocycles. The van der Waals surface area contributed by atoms with E-state index in [1.54, 1.807) is 6.92 Å². The lowest BCUT2D eigenvalue weighted by Crippen LogP contribution is -2.02. The molecule has 1 unspecified atom stereocenters. The van der Waals surface area contributed by atoms with Crippen LogP contribution in [-0.4, -0.2) is 5.11 Å². The fourth-order valence-corrected chi connectivity index (χ4v) is 1.48. The second-order valence-corrected chi connectivity index (χ2v) is 3.62. The van der Waals surface area contributed by atoms with Gasteiger partial charge < -0.3 is 5.11 Å². The zero-order chi connectivity index (χ0) is 10.0. The van der Waals surface area contributed by atoms with Gasteiger partial charge in [0.15, 0.2) is 0 Å². The summed E-state index contributed by atoms with van der Waals surface area (Å²) in [5, 5.41) is 9.29. The Hall–Kier alpha value is -0.480. The molecule has 0 bridgehead atoms. The van der Waals surface area contributed by atoms with E-state index in [0.29, 0.717) is 4.47 Å². The molecule has 1 aromatic carbocycles. The Kier molecular flexibility index (Phi) is 3.39. The van der Waals surface area contributed by atoms with Crippen molar-refractivity contribution in [1.82, 2.24) is 0 Å². The minimum absolute atomic E-state index is 0.259. The quantitative estimate of drug-likeness (QED) is 0.855. The third-order valence-electron chi connectivity index (χ3n) is 1.76. The second kappa shape index (κ2) is 4.15. The summed E-state index contributed by atoms with van der Waals surface area (Å²) in [6, 6.07) is 2.27. The van der Waals surface area contributed by atoms with Gasteiger partial charge in [-0.25, -0.2) is 8.78 Å². The SMILES string of the molecule is CCC(O)c1c(F)cc(Br)cc1F. The molecule has 1 N–H and O–H groups in total. The summed E-state index contributed by atoms with van der Waals surface area (Å²) in [5.74, 6) is -1.44. The van der Waals surface area contributed by atoms with Gasteiger partial charge >= 0.3 is 0 Å². The summed E-state index contributed by atoms with van der Waals surface area (Å²) in [6.07, 6.45) is -0.789. The average molecular weight is 251 g/mol. The Morgan fingerprint density at radius 3 is 2.23 bits per heavy atom. The fourth-order valence-electron chi connectivity index (χ4n) is 1.08. The molecule has 4 heteroatoms. The van der Waals surface area contributed by atoms with Gasteiger partial charge in [-0.15, -0.1) is 0 Å². The van der Waals surface area contributed by atoms with Gasteiger partial charge in [-0.05, 0) is 18.6 Å². The van der Waals surface area contributed by atoms with Crippen molar-refractivity contribution in [2.24, 2.45) is 0 Å². The average Bonchev–Trinajstić information content (AvgIpc) is 2.02. The van der Waals surface area contributed by atoms with E-state index in [9.17, 15) is 13.9 Å². The lowest BCUT2D eigenvalue weighted by atomic mass is 10.1. The van der Waals surface area contributed by atoms with Crippen molar-refractivity contribution in [3.05, 3.63) is 33.8 Å². The van der Waals surface area contributed by atoms with Gasteiger partial charge in [0.1, 0.15) is 11.6 Å². The normalized spacial score (nSPS) is 13.0. The van der Waals surface area contributed by atoms with Gasteiger partial charge in [-0.2, -0.15) is 0 Å². The second-order valence-electron chi connectivity index (χ2n) is 2.71. The van der Waals surface area contributed by atoms with Crippen LogP contribution in [0.25, 0.3) is 0 Å². The first-order chi connectivity index (χ1) is 6.06. The maximum atomic E-state index is 13.1. The molecule has 0 spiro atoms. The molecule has 0 aliphatic rings. The molecule has 0 fully saturated rings. The van der Waals surface area contributed by atoms with E-state index in [-0.39, 0.29) is 12.0 Å². The minimum atomic E-state index is -1.08. The van der Waals surface area contributed by atoms with Crippen LogP contribution in [-0.2, 0) is 0 Å². The molecule has 72 valence electrons. The largest absolute Gasteiger partial charge is 0.388 e. The Labute approximate surface area is 83.5 Å². The zero-order valence-electron chi connectivity index (χ0n) is 7.02. The first-order valence-corrected chi connectivity index (χ1v) is 4.68. The first-order valence-electron chi connectivity index (χ1n) is 3.88. The summed E-state index contributed by atoms with van der Waals surface area (Å²) < 4.78 is 26.6. The lowest BCUT2D eigenvalue weighted by Gasteiger charge is -2.10. The van der Waals surface area contributed by atoms with Crippen molar-refractivity contribution in [2.75, 3.05) is 0 Å². The van der Waals surface area contributed by atoms with E-state index >= 15 is 0 Å². The third-order valence-corrected chi connectivity index (χ3v) is 2.22. The van der Waals surface area contributed by atoms with E-state index in [4.69, 9.17) is 0 Å². The smallest absolute Gasteiger partial charge is 0.133 e. The number of hydrogen-bond donors (Lipinski definition) is 1. The van der Waals surface area contributed by atoms with Crippen LogP contribution in [0.3, 0.4) is 0 Å². The van der Waals surface area contributed by atoms with Gasteiger partial charge in [-0.3, -0.25) is 0 Å². The standard InChI is InChI=1S/C9H9BrF2O/c1-2-8(13)9-6(11)3-5(10)4-7(9)12/h3-4,8,13H,2H2,1H3. The van der Waals surface area contributed by atoms with Crippen molar-refractivity contribution in [3.8, 4) is 0 Å². The van der Waals surface area contributed by atoms with Gasteiger partial charge in [0.2, 0.25) is 0 Å². The number of halogens is 3.